The number of carbonyl (C=O) groups is 2. The lowest BCUT2D eigenvalue weighted by Crippen LogP contribution is -2.63. The summed E-state index contributed by atoms with van der Waals surface area (Å²) in [6, 6.07) is 1.79. The van der Waals surface area contributed by atoms with Crippen LogP contribution in [0, 0.1) is 0 Å². The first-order chi connectivity index (χ1) is 9.98. The molecule has 2 N–H and O–H groups in total. The van der Waals surface area contributed by atoms with E-state index in [9.17, 15) is 9.59 Å². The summed E-state index contributed by atoms with van der Waals surface area (Å²) < 4.78 is 0. The quantitative estimate of drug-likeness (QED) is 0.875. The number of nitrogens with zero attached hydrogens (tertiary/aromatic N) is 2. The van der Waals surface area contributed by atoms with Crippen molar-refractivity contribution in [2.75, 3.05) is 25.0 Å². The van der Waals surface area contributed by atoms with E-state index in [2.05, 4.69) is 22.5 Å². The van der Waals surface area contributed by atoms with Crippen molar-refractivity contribution in [3.05, 3.63) is 24.0 Å². The molecular weight excluding hydrogens is 268 g/mol. The Morgan fingerprint density at radius 1 is 1.52 bits per heavy atom. The molecule has 0 aliphatic carbocycles. The first-order valence-corrected chi connectivity index (χ1v) is 7.26. The molecule has 1 aliphatic rings. The maximum atomic E-state index is 12.8. The fourth-order valence-corrected chi connectivity index (χ4v) is 2.38. The van der Waals surface area contributed by atoms with E-state index in [0.29, 0.717) is 18.7 Å². The Labute approximate surface area is 124 Å². The molecule has 2 amide bonds. The van der Waals surface area contributed by atoms with Gasteiger partial charge >= 0.3 is 0 Å². The maximum absolute atomic E-state index is 12.8. The van der Waals surface area contributed by atoms with Gasteiger partial charge in [0.25, 0.3) is 5.91 Å². The number of nitrogens with one attached hydrogen (secondary N) is 2. The van der Waals surface area contributed by atoms with Crippen LogP contribution in [0.15, 0.2) is 18.5 Å². The number of rotatable bonds is 4. The third kappa shape index (κ3) is 2.99. The van der Waals surface area contributed by atoms with Crippen molar-refractivity contribution in [3.63, 3.8) is 0 Å². The standard InChI is InChI=1S/C15H22N4O2/c1-4-6-17-12-5-7-16-10-11(12)13(20)19-9-8-18-14(21)15(19,2)3/h5,7,10H,4,6,8-9H2,1-3H3,(H,16,17)(H,18,21). The summed E-state index contributed by atoms with van der Waals surface area (Å²) in [5.41, 5.74) is 0.417. The minimum absolute atomic E-state index is 0.131. The lowest BCUT2D eigenvalue weighted by Gasteiger charge is -2.41. The third-order valence-electron chi connectivity index (χ3n) is 3.71. The van der Waals surface area contributed by atoms with Crippen molar-refractivity contribution in [2.24, 2.45) is 0 Å². The molecular formula is C15H22N4O2. The van der Waals surface area contributed by atoms with Crippen molar-refractivity contribution >= 4 is 17.5 Å². The van der Waals surface area contributed by atoms with E-state index in [1.54, 1.807) is 37.2 Å². The molecule has 6 heteroatoms. The lowest BCUT2D eigenvalue weighted by molar-refractivity contribution is -0.133. The molecule has 21 heavy (non-hydrogen) atoms. The van der Waals surface area contributed by atoms with Gasteiger partial charge < -0.3 is 15.5 Å². The fraction of sp³-hybridized carbons (Fsp3) is 0.533. The zero-order valence-electron chi connectivity index (χ0n) is 12.8. The van der Waals surface area contributed by atoms with Crippen molar-refractivity contribution in [1.29, 1.82) is 0 Å². The predicted molar refractivity (Wildman–Crippen MR) is 81.1 cm³/mol. The summed E-state index contributed by atoms with van der Waals surface area (Å²) in [4.78, 5) is 30.5. The number of anilines is 1. The zero-order valence-corrected chi connectivity index (χ0v) is 12.8. The topological polar surface area (TPSA) is 74.3 Å². The number of amides is 2. The van der Waals surface area contributed by atoms with Crippen LogP contribution >= 0.6 is 0 Å². The molecule has 0 atom stereocenters. The molecule has 0 spiro atoms. The number of carbonyl (C=O) groups excluding carboxylic acids is 2. The van der Waals surface area contributed by atoms with E-state index >= 15 is 0 Å². The minimum atomic E-state index is -0.854. The second kappa shape index (κ2) is 6.11. The van der Waals surface area contributed by atoms with E-state index in [-0.39, 0.29) is 11.8 Å². The summed E-state index contributed by atoms with van der Waals surface area (Å²) in [7, 11) is 0. The van der Waals surface area contributed by atoms with Crippen molar-refractivity contribution in [2.45, 2.75) is 32.7 Å². The van der Waals surface area contributed by atoms with E-state index < -0.39 is 5.54 Å². The number of piperazine rings is 1. The minimum Gasteiger partial charge on any atom is -0.384 e. The normalized spacial score (nSPS) is 17.3. The van der Waals surface area contributed by atoms with Gasteiger partial charge in [0.1, 0.15) is 5.54 Å². The molecule has 1 saturated heterocycles. The molecule has 2 heterocycles. The van der Waals surface area contributed by atoms with Gasteiger partial charge in [-0.15, -0.1) is 0 Å². The zero-order chi connectivity index (χ0) is 15.5. The van der Waals surface area contributed by atoms with Gasteiger partial charge in [-0.1, -0.05) is 6.92 Å². The van der Waals surface area contributed by atoms with Gasteiger partial charge in [0.2, 0.25) is 5.91 Å². The van der Waals surface area contributed by atoms with Crippen LogP contribution in [0.4, 0.5) is 5.69 Å². The molecule has 0 aromatic carbocycles. The molecule has 1 aromatic rings. The second-order valence-electron chi connectivity index (χ2n) is 5.62. The van der Waals surface area contributed by atoms with Gasteiger partial charge in [0, 0.05) is 32.0 Å². The van der Waals surface area contributed by atoms with Crippen LogP contribution in [-0.4, -0.2) is 46.9 Å². The summed E-state index contributed by atoms with van der Waals surface area (Å²) in [6.45, 7) is 7.34. The molecule has 0 bridgehead atoms. The van der Waals surface area contributed by atoms with Crippen LogP contribution in [0.25, 0.3) is 0 Å². The summed E-state index contributed by atoms with van der Waals surface area (Å²) >= 11 is 0. The van der Waals surface area contributed by atoms with Crippen LogP contribution in [0.1, 0.15) is 37.6 Å². The third-order valence-corrected chi connectivity index (χ3v) is 3.71. The van der Waals surface area contributed by atoms with Crippen LogP contribution in [0.2, 0.25) is 0 Å². The Kier molecular flexibility index (Phi) is 4.45. The Hall–Kier alpha value is -2.11. The van der Waals surface area contributed by atoms with E-state index in [0.717, 1.165) is 18.7 Å². The Bertz CT molecular complexity index is 542. The average Bonchev–Trinajstić information content (AvgIpc) is 2.47. The van der Waals surface area contributed by atoms with Gasteiger partial charge in [0.15, 0.2) is 0 Å². The van der Waals surface area contributed by atoms with Crippen LogP contribution < -0.4 is 10.6 Å². The molecule has 1 fully saturated rings. The number of pyridine rings is 1. The number of hydrogen-bond donors (Lipinski definition) is 2. The maximum Gasteiger partial charge on any atom is 0.258 e. The van der Waals surface area contributed by atoms with E-state index in [4.69, 9.17) is 0 Å². The number of aromatic nitrogens is 1. The summed E-state index contributed by atoms with van der Waals surface area (Å²) in [6.07, 6.45) is 4.18. The SMILES string of the molecule is CCCNc1ccncc1C(=O)N1CCNC(=O)C1(C)C. The van der Waals surface area contributed by atoms with Gasteiger partial charge in [-0.25, -0.2) is 0 Å². The Balaban J connectivity index is 2.29. The largest absolute Gasteiger partial charge is 0.384 e. The fourth-order valence-electron chi connectivity index (χ4n) is 2.38. The highest BCUT2D eigenvalue weighted by atomic mass is 16.2. The van der Waals surface area contributed by atoms with Crippen LogP contribution in [-0.2, 0) is 4.79 Å². The van der Waals surface area contributed by atoms with E-state index in [1.165, 1.54) is 0 Å². The highest BCUT2D eigenvalue weighted by molar-refractivity contribution is 6.03. The van der Waals surface area contributed by atoms with Gasteiger partial charge in [-0.3, -0.25) is 14.6 Å². The molecule has 0 saturated carbocycles. The van der Waals surface area contributed by atoms with Crippen LogP contribution in [0.5, 0.6) is 0 Å². The van der Waals surface area contributed by atoms with Gasteiger partial charge in [0.05, 0.1) is 11.3 Å². The highest BCUT2D eigenvalue weighted by Gasteiger charge is 2.41. The van der Waals surface area contributed by atoms with Crippen molar-refractivity contribution < 1.29 is 9.59 Å². The summed E-state index contributed by atoms with van der Waals surface area (Å²) in [5.74, 6) is -0.296. The molecule has 0 unspecified atom stereocenters. The molecule has 1 aliphatic heterocycles. The van der Waals surface area contributed by atoms with Crippen molar-refractivity contribution in [3.8, 4) is 0 Å². The predicted octanol–water partition coefficient (Wildman–Crippen LogP) is 1.25. The monoisotopic (exact) mass is 290 g/mol. The smallest absolute Gasteiger partial charge is 0.258 e. The second-order valence-corrected chi connectivity index (χ2v) is 5.62. The van der Waals surface area contributed by atoms with Gasteiger partial charge in [-0.05, 0) is 26.3 Å². The Morgan fingerprint density at radius 2 is 2.29 bits per heavy atom. The molecule has 6 nitrogen and oxygen atoms in total. The van der Waals surface area contributed by atoms with E-state index in [1.807, 2.05) is 0 Å². The molecule has 2 rings (SSSR count). The number of hydrogen-bond acceptors (Lipinski definition) is 4. The first-order valence-electron chi connectivity index (χ1n) is 7.26. The summed E-state index contributed by atoms with van der Waals surface area (Å²) in [5, 5.41) is 6.03. The first kappa shape index (κ1) is 15.3. The molecule has 114 valence electrons. The lowest BCUT2D eigenvalue weighted by atomic mass is 9.97. The Morgan fingerprint density at radius 3 is 3.00 bits per heavy atom. The van der Waals surface area contributed by atoms with Crippen molar-refractivity contribution in [1.82, 2.24) is 15.2 Å². The van der Waals surface area contributed by atoms with Gasteiger partial charge in [-0.2, -0.15) is 0 Å². The molecule has 0 radical (unpaired) electrons. The molecule has 1 aromatic heterocycles. The highest BCUT2D eigenvalue weighted by Crippen LogP contribution is 2.23. The average molecular weight is 290 g/mol. The van der Waals surface area contributed by atoms with Crippen LogP contribution in [0.3, 0.4) is 0 Å².